The van der Waals surface area contributed by atoms with Crippen molar-refractivity contribution < 1.29 is 4.79 Å². The minimum atomic E-state index is -0.290. The van der Waals surface area contributed by atoms with Crippen molar-refractivity contribution in [1.29, 1.82) is 0 Å². The third-order valence-electron chi connectivity index (χ3n) is 2.27. The third-order valence-corrected chi connectivity index (χ3v) is 2.27. The molecule has 0 fully saturated rings. The summed E-state index contributed by atoms with van der Waals surface area (Å²) in [5, 5.41) is 6.41. The summed E-state index contributed by atoms with van der Waals surface area (Å²) in [6, 6.07) is 5.94. The van der Waals surface area contributed by atoms with Crippen LogP contribution < -0.4 is 16.4 Å². The summed E-state index contributed by atoms with van der Waals surface area (Å²) in [6.07, 6.45) is 0.313. The van der Waals surface area contributed by atoms with Crippen LogP contribution in [0.3, 0.4) is 0 Å². The van der Waals surface area contributed by atoms with Gasteiger partial charge in [-0.3, -0.25) is 10.1 Å². The number of nitrogens with two attached hydrogens (primary N) is 1. The van der Waals surface area contributed by atoms with Crippen LogP contribution in [0.4, 0.5) is 5.69 Å². The molecule has 0 aliphatic carbocycles. The fourth-order valence-corrected chi connectivity index (χ4v) is 1.63. The molecule has 4 N–H and O–H groups in total. The molecule has 4 heteroatoms. The van der Waals surface area contributed by atoms with E-state index in [1.165, 1.54) is 5.56 Å². The predicted octanol–water partition coefficient (Wildman–Crippen LogP) is 0.187. The highest BCUT2D eigenvalue weighted by Crippen LogP contribution is 2.19. The molecule has 14 heavy (non-hydrogen) atoms. The second-order valence-electron chi connectivity index (χ2n) is 3.41. The number of hydrogen-bond donors (Lipinski definition) is 3. The van der Waals surface area contributed by atoms with Gasteiger partial charge in [-0.25, -0.2) is 0 Å². The normalized spacial score (nSPS) is 14.3. The number of nitrogens with one attached hydrogen (secondary N) is 2. The molecule has 1 amide bonds. The van der Waals surface area contributed by atoms with Crippen LogP contribution in [0, 0.1) is 0 Å². The summed E-state index contributed by atoms with van der Waals surface area (Å²) >= 11 is 0. The average Bonchev–Trinajstić information content (AvgIpc) is 2.17. The first-order valence-corrected chi connectivity index (χ1v) is 4.60. The Morgan fingerprint density at radius 3 is 3.14 bits per heavy atom. The molecule has 2 rings (SSSR count). The van der Waals surface area contributed by atoms with Gasteiger partial charge in [0.05, 0.1) is 13.1 Å². The quantitative estimate of drug-likeness (QED) is 0.625. The SMILES string of the molecule is NC(=O)Cc1ccc2c(c1)CNCN2. The molecule has 1 aromatic carbocycles. The number of primary amides is 1. The Morgan fingerprint density at radius 2 is 2.36 bits per heavy atom. The molecule has 0 saturated heterocycles. The zero-order chi connectivity index (χ0) is 9.97. The maximum Gasteiger partial charge on any atom is 0.221 e. The maximum absolute atomic E-state index is 10.7. The van der Waals surface area contributed by atoms with Crippen LogP contribution >= 0.6 is 0 Å². The van der Waals surface area contributed by atoms with Gasteiger partial charge in [0.2, 0.25) is 5.91 Å². The Labute approximate surface area is 82.5 Å². The summed E-state index contributed by atoms with van der Waals surface area (Å²) < 4.78 is 0. The van der Waals surface area contributed by atoms with E-state index in [4.69, 9.17) is 5.73 Å². The number of benzene rings is 1. The minimum absolute atomic E-state index is 0.290. The second-order valence-corrected chi connectivity index (χ2v) is 3.41. The van der Waals surface area contributed by atoms with Crippen LogP contribution in [0.15, 0.2) is 18.2 Å². The lowest BCUT2D eigenvalue weighted by Crippen LogP contribution is -2.27. The molecule has 1 aliphatic rings. The number of rotatable bonds is 2. The molecule has 4 nitrogen and oxygen atoms in total. The number of carbonyl (C=O) groups excluding carboxylic acids is 1. The van der Waals surface area contributed by atoms with Crippen molar-refractivity contribution in [3.8, 4) is 0 Å². The summed E-state index contributed by atoms with van der Waals surface area (Å²) in [5.74, 6) is -0.290. The minimum Gasteiger partial charge on any atom is -0.372 e. The van der Waals surface area contributed by atoms with Gasteiger partial charge in [0.1, 0.15) is 0 Å². The van der Waals surface area contributed by atoms with Crippen LogP contribution in [0.1, 0.15) is 11.1 Å². The van der Waals surface area contributed by atoms with Crippen molar-refractivity contribution >= 4 is 11.6 Å². The van der Waals surface area contributed by atoms with Gasteiger partial charge in [0.25, 0.3) is 0 Å². The number of carbonyl (C=O) groups is 1. The first-order valence-electron chi connectivity index (χ1n) is 4.60. The molecule has 0 bridgehead atoms. The Morgan fingerprint density at radius 1 is 1.50 bits per heavy atom. The van der Waals surface area contributed by atoms with Gasteiger partial charge in [-0.05, 0) is 17.2 Å². The molecule has 0 radical (unpaired) electrons. The van der Waals surface area contributed by atoms with Crippen LogP contribution in [-0.4, -0.2) is 12.6 Å². The predicted molar refractivity (Wildman–Crippen MR) is 54.7 cm³/mol. The number of fused-ring (bicyclic) bond motifs is 1. The van der Waals surface area contributed by atoms with Crippen molar-refractivity contribution in [2.24, 2.45) is 5.73 Å². The molecule has 1 aromatic rings. The summed E-state index contributed by atoms with van der Waals surface area (Å²) in [7, 11) is 0. The Hall–Kier alpha value is -1.55. The number of anilines is 1. The smallest absolute Gasteiger partial charge is 0.221 e. The van der Waals surface area contributed by atoms with Crippen molar-refractivity contribution in [3.63, 3.8) is 0 Å². The van der Waals surface area contributed by atoms with Crippen LogP contribution in [-0.2, 0) is 17.8 Å². The van der Waals surface area contributed by atoms with Crippen LogP contribution in [0.2, 0.25) is 0 Å². The lowest BCUT2D eigenvalue weighted by molar-refractivity contribution is -0.117. The highest BCUT2D eigenvalue weighted by molar-refractivity contribution is 5.77. The van der Waals surface area contributed by atoms with Crippen molar-refractivity contribution in [2.45, 2.75) is 13.0 Å². The number of hydrogen-bond acceptors (Lipinski definition) is 3. The monoisotopic (exact) mass is 191 g/mol. The lowest BCUT2D eigenvalue weighted by Gasteiger charge is -2.19. The highest BCUT2D eigenvalue weighted by atomic mass is 16.1. The molecular formula is C10H13N3O. The topological polar surface area (TPSA) is 67.2 Å². The molecule has 0 saturated carbocycles. The van der Waals surface area contributed by atoms with Crippen LogP contribution in [0.25, 0.3) is 0 Å². The van der Waals surface area contributed by atoms with Crippen molar-refractivity contribution in [1.82, 2.24) is 5.32 Å². The summed E-state index contributed by atoms with van der Waals surface area (Å²) in [5.41, 5.74) is 8.43. The van der Waals surface area contributed by atoms with E-state index in [-0.39, 0.29) is 5.91 Å². The molecule has 1 heterocycles. The maximum atomic E-state index is 10.7. The van der Waals surface area contributed by atoms with Gasteiger partial charge in [-0.2, -0.15) is 0 Å². The standard InChI is InChI=1S/C10H13N3O/c11-10(14)4-7-1-2-9-8(3-7)5-12-6-13-9/h1-3,12-13H,4-6H2,(H2,11,14). The van der Waals surface area contributed by atoms with Gasteiger partial charge < -0.3 is 11.1 Å². The van der Waals surface area contributed by atoms with Gasteiger partial charge in [-0.15, -0.1) is 0 Å². The average molecular weight is 191 g/mol. The molecule has 0 aromatic heterocycles. The molecular weight excluding hydrogens is 178 g/mol. The van der Waals surface area contributed by atoms with E-state index >= 15 is 0 Å². The first kappa shape index (κ1) is 9.02. The van der Waals surface area contributed by atoms with E-state index in [1.807, 2.05) is 18.2 Å². The largest absolute Gasteiger partial charge is 0.372 e. The Balaban J connectivity index is 2.24. The molecule has 0 unspecified atom stereocenters. The van der Waals surface area contributed by atoms with E-state index < -0.39 is 0 Å². The highest BCUT2D eigenvalue weighted by Gasteiger charge is 2.08. The lowest BCUT2D eigenvalue weighted by atomic mass is 10.0. The van der Waals surface area contributed by atoms with Crippen LogP contribution in [0.5, 0.6) is 0 Å². The Kier molecular flexibility index (Phi) is 2.37. The fourth-order valence-electron chi connectivity index (χ4n) is 1.63. The van der Waals surface area contributed by atoms with Gasteiger partial charge in [0, 0.05) is 12.2 Å². The van der Waals surface area contributed by atoms with Gasteiger partial charge in [0.15, 0.2) is 0 Å². The van der Waals surface area contributed by atoms with Gasteiger partial charge >= 0.3 is 0 Å². The van der Waals surface area contributed by atoms with E-state index in [0.717, 1.165) is 24.5 Å². The van der Waals surface area contributed by atoms with E-state index in [0.29, 0.717) is 6.42 Å². The summed E-state index contributed by atoms with van der Waals surface area (Å²) in [6.45, 7) is 1.64. The van der Waals surface area contributed by atoms with E-state index in [1.54, 1.807) is 0 Å². The van der Waals surface area contributed by atoms with Gasteiger partial charge in [-0.1, -0.05) is 12.1 Å². The van der Waals surface area contributed by atoms with E-state index in [2.05, 4.69) is 10.6 Å². The zero-order valence-electron chi connectivity index (χ0n) is 7.84. The van der Waals surface area contributed by atoms with Crippen molar-refractivity contribution in [3.05, 3.63) is 29.3 Å². The molecule has 0 atom stereocenters. The molecule has 1 aliphatic heterocycles. The summed E-state index contributed by atoms with van der Waals surface area (Å²) in [4.78, 5) is 10.7. The second kappa shape index (κ2) is 3.67. The first-order chi connectivity index (χ1) is 6.75. The van der Waals surface area contributed by atoms with E-state index in [9.17, 15) is 4.79 Å². The van der Waals surface area contributed by atoms with Crippen molar-refractivity contribution in [2.75, 3.05) is 12.0 Å². The number of amides is 1. The molecule has 74 valence electrons. The molecule has 0 spiro atoms. The zero-order valence-corrected chi connectivity index (χ0v) is 7.84. The Bertz CT molecular complexity index is 362. The third kappa shape index (κ3) is 1.85. The fraction of sp³-hybridized carbons (Fsp3) is 0.300.